The molecule has 0 fully saturated rings. The lowest BCUT2D eigenvalue weighted by Gasteiger charge is -1.98. The highest BCUT2D eigenvalue weighted by Gasteiger charge is 2.16. The van der Waals surface area contributed by atoms with E-state index in [1.807, 2.05) is 6.07 Å². The summed E-state index contributed by atoms with van der Waals surface area (Å²) in [6.45, 7) is 0. The Morgan fingerprint density at radius 1 is 1.50 bits per heavy atom. The van der Waals surface area contributed by atoms with Gasteiger partial charge in [-0.2, -0.15) is 10.4 Å². The summed E-state index contributed by atoms with van der Waals surface area (Å²) >= 11 is 0. The van der Waals surface area contributed by atoms with Crippen molar-refractivity contribution in [2.24, 2.45) is 0 Å². The smallest absolute Gasteiger partial charge is 0.360 e. The highest BCUT2D eigenvalue weighted by Crippen LogP contribution is 2.13. The van der Waals surface area contributed by atoms with Gasteiger partial charge in [0.15, 0.2) is 17.2 Å². The van der Waals surface area contributed by atoms with Crippen molar-refractivity contribution in [3.8, 4) is 11.9 Å². The Labute approximate surface area is 102 Å². The number of hydrogen-bond donors (Lipinski definition) is 1. The summed E-state index contributed by atoms with van der Waals surface area (Å²) < 4.78 is 5.82. The molecule has 2 rings (SSSR count). The third-order valence-corrected chi connectivity index (χ3v) is 2.11. The van der Waals surface area contributed by atoms with Crippen LogP contribution in [0.4, 0.5) is 5.69 Å². The second-order valence-corrected chi connectivity index (χ2v) is 3.24. The number of rotatable bonds is 2. The van der Waals surface area contributed by atoms with E-state index < -0.39 is 5.97 Å². The van der Waals surface area contributed by atoms with Gasteiger partial charge in [0.25, 0.3) is 0 Å². The summed E-state index contributed by atoms with van der Waals surface area (Å²) in [7, 11) is 1.24. The molecule has 2 aromatic rings. The summed E-state index contributed by atoms with van der Waals surface area (Å²) in [6.07, 6.45) is 4.07. The second kappa shape index (κ2) is 4.50. The molecule has 0 spiro atoms. The van der Waals surface area contributed by atoms with Gasteiger partial charge in [-0.3, -0.25) is 0 Å². The number of carbonyl (C=O) groups is 1. The number of aromatic nitrogens is 4. The molecule has 0 aliphatic rings. The zero-order valence-corrected chi connectivity index (χ0v) is 9.36. The standard InChI is InChI=1S/C10H8N6O2/c1-18-10(17)9-7(12)5-16(15-9)8-4-13-6(2-11)3-14-8/h3-5H,12H2,1H3. The Kier molecular flexibility index (Phi) is 2.89. The van der Waals surface area contributed by atoms with E-state index in [1.54, 1.807) is 0 Å². The fourth-order valence-electron chi connectivity index (χ4n) is 1.26. The van der Waals surface area contributed by atoms with Crippen LogP contribution in [0.3, 0.4) is 0 Å². The van der Waals surface area contributed by atoms with E-state index >= 15 is 0 Å². The van der Waals surface area contributed by atoms with Crippen molar-refractivity contribution in [3.05, 3.63) is 30.0 Å². The van der Waals surface area contributed by atoms with E-state index in [1.165, 1.54) is 30.4 Å². The van der Waals surface area contributed by atoms with Crippen LogP contribution in [0.1, 0.15) is 16.2 Å². The molecule has 0 amide bonds. The van der Waals surface area contributed by atoms with Crippen molar-refractivity contribution in [2.75, 3.05) is 12.8 Å². The van der Waals surface area contributed by atoms with Gasteiger partial charge < -0.3 is 10.5 Å². The van der Waals surface area contributed by atoms with E-state index in [0.717, 1.165) is 0 Å². The van der Waals surface area contributed by atoms with E-state index in [0.29, 0.717) is 5.82 Å². The van der Waals surface area contributed by atoms with E-state index in [-0.39, 0.29) is 17.1 Å². The first-order valence-electron chi connectivity index (χ1n) is 4.81. The first kappa shape index (κ1) is 11.5. The van der Waals surface area contributed by atoms with Gasteiger partial charge in [0.1, 0.15) is 6.07 Å². The molecule has 0 bridgehead atoms. The van der Waals surface area contributed by atoms with Crippen LogP contribution < -0.4 is 5.73 Å². The molecule has 0 aliphatic heterocycles. The summed E-state index contributed by atoms with van der Waals surface area (Å²) in [5.74, 6) is -0.288. The molecule has 8 heteroatoms. The Hall–Kier alpha value is -2.95. The molecular weight excluding hydrogens is 236 g/mol. The molecule has 2 N–H and O–H groups in total. The number of nitrogens with two attached hydrogens (primary N) is 1. The maximum Gasteiger partial charge on any atom is 0.360 e. The molecule has 2 aromatic heterocycles. The maximum absolute atomic E-state index is 11.3. The number of esters is 1. The first-order valence-corrected chi connectivity index (χ1v) is 4.81. The van der Waals surface area contributed by atoms with Crippen molar-refractivity contribution < 1.29 is 9.53 Å². The van der Waals surface area contributed by atoms with Crippen molar-refractivity contribution in [3.63, 3.8) is 0 Å². The number of anilines is 1. The average Bonchev–Trinajstić information content (AvgIpc) is 2.80. The number of nitrogen functional groups attached to an aromatic ring is 1. The highest BCUT2D eigenvalue weighted by molar-refractivity contribution is 5.92. The Morgan fingerprint density at radius 3 is 2.83 bits per heavy atom. The third-order valence-electron chi connectivity index (χ3n) is 2.11. The number of carbonyl (C=O) groups excluding carboxylic acids is 1. The Balaban J connectivity index is 2.39. The summed E-state index contributed by atoms with van der Waals surface area (Å²) in [4.78, 5) is 19.1. The minimum absolute atomic E-state index is 0.00339. The van der Waals surface area contributed by atoms with Crippen LogP contribution in [0.5, 0.6) is 0 Å². The molecule has 2 heterocycles. The fraction of sp³-hybridized carbons (Fsp3) is 0.100. The van der Waals surface area contributed by atoms with Gasteiger partial charge in [-0.25, -0.2) is 19.4 Å². The van der Waals surface area contributed by atoms with Gasteiger partial charge in [0, 0.05) is 0 Å². The van der Waals surface area contributed by atoms with Crippen LogP contribution >= 0.6 is 0 Å². The van der Waals surface area contributed by atoms with Crippen LogP contribution in [0.25, 0.3) is 5.82 Å². The van der Waals surface area contributed by atoms with Crippen LogP contribution in [-0.4, -0.2) is 32.8 Å². The molecular formula is C10H8N6O2. The fourth-order valence-corrected chi connectivity index (χ4v) is 1.26. The van der Waals surface area contributed by atoms with E-state index in [9.17, 15) is 4.79 Å². The molecule has 0 saturated carbocycles. The maximum atomic E-state index is 11.3. The van der Waals surface area contributed by atoms with Crippen LogP contribution in [0, 0.1) is 11.3 Å². The van der Waals surface area contributed by atoms with Gasteiger partial charge in [0.2, 0.25) is 0 Å². The molecule has 0 atom stereocenters. The van der Waals surface area contributed by atoms with Crippen LogP contribution in [0.15, 0.2) is 18.6 Å². The van der Waals surface area contributed by atoms with E-state index in [2.05, 4.69) is 19.8 Å². The Morgan fingerprint density at radius 2 is 2.28 bits per heavy atom. The quantitative estimate of drug-likeness (QED) is 0.732. The number of methoxy groups -OCH3 is 1. The molecule has 0 aromatic carbocycles. The lowest BCUT2D eigenvalue weighted by Crippen LogP contribution is -2.06. The number of nitriles is 1. The Bertz CT molecular complexity index is 625. The van der Waals surface area contributed by atoms with Crippen molar-refractivity contribution in [2.45, 2.75) is 0 Å². The van der Waals surface area contributed by atoms with Gasteiger partial charge in [-0.1, -0.05) is 0 Å². The first-order chi connectivity index (χ1) is 8.65. The van der Waals surface area contributed by atoms with Crippen molar-refractivity contribution in [1.29, 1.82) is 5.26 Å². The molecule has 90 valence electrons. The highest BCUT2D eigenvalue weighted by atomic mass is 16.5. The van der Waals surface area contributed by atoms with Crippen LogP contribution in [0.2, 0.25) is 0 Å². The molecule has 0 unspecified atom stereocenters. The minimum atomic E-state index is -0.632. The normalized spacial score (nSPS) is 9.78. The van der Waals surface area contributed by atoms with Gasteiger partial charge in [-0.15, -0.1) is 0 Å². The zero-order chi connectivity index (χ0) is 13.1. The van der Waals surface area contributed by atoms with Gasteiger partial charge in [0.05, 0.1) is 31.4 Å². The number of ether oxygens (including phenoxy) is 1. The summed E-state index contributed by atoms with van der Waals surface area (Å²) in [6, 6.07) is 1.85. The summed E-state index contributed by atoms with van der Waals surface area (Å²) in [5, 5.41) is 12.5. The minimum Gasteiger partial charge on any atom is -0.464 e. The van der Waals surface area contributed by atoms with Crippen molar-refractivity contribution in [1.82, 2.24) is 19.7 Å². The second-order valence-electron chi connectivity index (χ2n) is 3.24. The number of hydrogen-bond acceptors (Lipinski definition) is 7. The molecule has 0 saturated heterocycles. The average molecular weight is 244 g/mol. The zero-order valence-electron chi connectivity index (χ0n) is 9.36. The molecule has 0 radical (unpaired) electrons. The number of nitrogens with zero attached hydrogens (tertiary/aromatic N) is 5. The monoisotopic (exact) mass is 244 g/mol. The van der Waals surface area contributed by atoms with E-state index in [4.69, 9.17) is 11.0 Å². The molecule has 0 aliphatic carbocycles. The molecule has 8 nitrogen and oxygen atoms in total. The van der Waals surface area contributed by atoms with Crippen molar-refractivity contribution >= 4 is 11.7 Å². The SMILES string of the molecule is COC(=O)c1nn(-c2cnc(C#N)cn2)cc1N. The lowest BCUT2D eigenvalue weighted by molar-refractivity contribution is 0.0594. The third kappa shape index (κ3) is 1.97. The topological polar surface area (TPSA) is 120 Å². The predicted molar refractivity (Wildman–Crippen MR) is 59.6 cm³/mol. The summed E-state index contributed by atoms with van der Waals surface area (Å²) in [5.41, 5.74) is 5.99. The van der Waals surface area contributed by atoms with Gasteiger partial charge in [-0.05, 0) is 0 Å². The van der Waals surface area contributed by atoms with Crippen LogP contribution in [-0.2, 0) is 4.74 Å². The van der Waals surface area contributed by atoms with Gasteiger partial charge >= 0.3 is 5.97 Å². The predicted octanol–water partition coefficient (Wildman–Crippen LogP) is -0.0972. The lowest BCUT2D eigenvalue weighted by atomic mass is 10.4. The largest absolute Gasteiger partial charge is 0.464 e. The molecule has 18 heavy (non-hydrogen) atoms.